The molecule has 0 aliphatic heterocycles. The van der Waals surface area contributed by atoms with Crippen LogP contribution < -0.4 is 5.32 Å². The molecule has 2 aromatic carbocycles. The van der Waals surface area contributed by atoms with Gasteiger partial charge in [-0.05, 0) is 43.1 Å². The number of furan rings is 1. The second-order valence-corrected chi connectivity index (χ2v) is 5.27. The van der Waals surface area contributed by atoms with E-state index in [9.17, 15) is 0 Å². The average molecular weight is 267 g/mol. The Balaban J connectivity index is 2.06. The van der Waals surface area contributed by atoms with Gasteiger partial charge >= 0.3 is 0 Å². The van der Waals surface area contributed by atoms with Crippen molar-refractivity contribution in [2.45, 2.75) is 32.7 Å². The van der Waals surface area contributed by atoms with Crippen molar-refractivity contribution >= 4 is 21.9 Å². The highest BCUT2D eigenvalue weighted by Crippen LogP contribution is 2.31. The molecule has 3 aromatic rings. The van der Waals surface area contributed by atoms with Crippen LogP contribution in [0.4, 0.5) is 0 Å². The van der Waals surface area contributed by atoms with Gasteiger partial charge in [-0.1, -0.05) is 38.1 Å². The quantitative estimate of drug-likeness (QED) is 0.700. The van der Waals surface area contributed by atoms with Crippen LogP contribution in [0.1, 0.15) is 38.3 Å². The van der Waals surface area contributed by atoms with E-state index in [0.717, 1.165) is 30.6 Å². The zero-order chi connectivity index (χ0) is 13.9. The summed E-state index contributed by atoms with van der Waals surface area (Å²) < 4.78 is 5.88. The first-order valence-electron chi connectivity index (χ1n) is 7.48. The standard InChI is InChI=1S/C18H21NO/c1-3-11-19-16(4-2)13-9-10-18-15(12-13)14-7-5-6-8-17(14)20-18/h5-10,12,16,19H,3-4,11H2,1-2H3. The van der Waals surface area contributed by atoms with Crippen LogP contribution in [0, 0.1) is 0 Å². The number of hydrogen-bond donors (Lipinski definition) is 1. The van der Waals surface area contributed by atoms with Crippen LogP contribution in [-0.4, -0.2) is 6.54 Å². The van der Waals surface area contributed by atoms with Crippen molar-refractivity contribution in [3.8, 4) is 0 Å². The van der Waals surface area contributed by atoms with Crippen molar-refractivity contribution in [2.75, 3.05) is 6.54 Å². The van der Waals surface area contributed by atoms with Crippen molar-refractivity contribution in [3.63, 3.8) is 0 Å². The molecule has 1 heterocycles. The summed E-state index contributed by atoms with van der Waals surface area (Å²) in [5.41, 5.74) is 3.29. The number of rotatable bonds is 5. The molecule has 3 rings (SSSR count). The Labute approximate surface area is 119 Å². The van der Waals surface area contributed by atoms with E-state index in [-0.39, 0.29) is 0 Å². The highest BCUT2D eigenvalue weighted by Gasteiger charge is 2.12. The van der Waals surface area contributed by atoms with Crippen molar-refractivity contribution in [2.24, 2.45) is 0 Å². The van der Waals surface area contributed by atoms with Crippen LogP contribution >= 0.6 is 0 Å². The molecule has 0 radical (unpaired) electrons. The van der Waals surface area contributed by atoms with Crippen molar-refractivity contribution < 1.29 is 4.42 Å². The van der Waals surface area contributed by atoms with E-state index in [4.69, 9.17) is 4.42 Å². The second kappa shape index (κ2) is 5.68. The van der Waals surface area contributed by atoms with Gasteiger partial charge in [-0.25, -0.2) is 0 Å². The summed E-state index contributed by atoms with van der Waals surface area (Å²) in [4.78, 5) is 0. The molecule has 1 N–H and O–H groups in total. The maximum atomic E-state index is 5.88. The van der Waals surface area contributed by atoms with E-state index in [1.54, 1.807) is 0 Å². The SMILES string of the molecule is CCCNC(CC)c1ccc2oc3ccccc3c2c1. The summed E-state index contributed by atoms with van der Waals surface area (Å²) in [6.07, 6.45) is 2.26. The van der Waals surface area contributed by atoms with Gasteiger partial charge in [0.1, 0.15) is 11.2 Å². The van der Waals surface area contributed by atoms with Crippen LogP contribution in [0.3, 0.4) is 0 Å². The lowest BCUT2D eigenvalue weighted by Gasteiger charge is -2.17. The molecule has 0 saturated carbocycles. The summed E-state index contributed by atoms with van der Waals surface area (Å²) in [6, 6.07) is 15.2. The third kappa shape index (κ3) is 2.32. The van der Waals surface area contributed by atoms with Gasteiger partial charge in [0.05, 0.1) is 0 Å². The van der Waals surface area contributed by atoms with Crippen LogP contribution in [0.5, 0.6) is 0 Å². The van der Waals surface area contributed by atoms with Crippen LogP contribution in [0.15, 0.2) is 46.9 Å². The molecule has 1 aromatic heterocycles. The van der Waals surface area contributed by atoms with Gasteiger partial charge in [0, 0.05) is 16.8 Å². The Kier molecular flexibility index (Phi) is 3.75. The van der Waals surface area contributed by atoms with Gasteiger partial charge in [-0.15, -0.1) is 0 Å². The summed E-state index contributed by atoms with van der Waals surface area (Å²) in [5, 5.41) is 6.03. The van der Waals surface area contributed by atoms with E-state index < -0.39 is 0 Å². The van der Waals surface area contributed by atoms with E-state index in [1.165, 1.54) is 16.3 Å². The molecule has 0 bridgehead atoms. The van der Waals surface area contributed by atoms with Crippen molar-refractivity contribution in [1.29, 1.82) is 0 Å². The number of hydrogen-bond acceptors (Lipinski definition) is 2. The van der Waals surface area contributed by atoms with Gasteiger partial charge in [0.2, 0.25) is 0 Å². The molecule has 0 fully saturated rings. The maximum absolute atomic E-state index is 5.88. The second-order valence-electron chi connectivity index (χ2n) is 5.27. The Morgan fingerprint density at radius 1 is 1.00 bits per heavy atom. The Morgan fingerprint density at radius 2 is 1.80 bits per heavy atom. The van der Waals surface area contributed by atoms with E-state index in [0.29, 0.717) is 6.04 Å². The molecule has 0 aliphatic carbocycles. The highest BCUT2D eigenvalue weighted by molar-refractivity contribution is 6.05. The molecule has 2 nitrogen and oxygen atoms in total. The monoisotopic (exact) mass is 267 g/mol. The molecule has 1 unspecified atom stereocenters. The normalized spacial score (nSPS) is 13.1. The fourth-order valence-corrected chi connectivity index (χ4v) is 2.78. The first kappa shape index (κ1) is 13.2. The minimum atomic E-state index is 0.424. The zero-order valence-corrected chi connectivity index (χ0v) is 12.1. The van der Waals surface area contributed by atoms with Gasteiger partial charge in [-0.3, -0.25) is 0 Å². The molecule has 20 heavy (non-hydrogen) atoms. The molecular formula is C18H21NO. The summed E-state index contributed by atoms with van der Waals surface area (Å²) in [7, 11) is 0. The maximum Gasteiger partial charge on any atom is 0.135 e. The number of para-hydroxylation sites is 1. The topological polar surface area (TPSA) is 25.2 Å². The van der Waals surface area contributed by atoms with Crippen LogP contribution in [0.2, 0.25) is 0 Å². The minimum absolute atomic E-state index is 0.424. The lowest BCUT2D eigenvalue weighted by molar-refractivity contribution is 0.518. The summed E-state index contributed by atoms with van der Waals surface area (Å²) in [6.45, 7) is 5.49. The van der Waals surface area contributed by atoms with E-state index >= 15 is 0 Å². The Bertz CT molecular complexity index is 714. The smallest absolute Gasteiger partial charge is 0.135 e. The van der Waals surface area contributed by atoms with E-state index in [1.807, 2.05) is 12.1 Å². The summed E-state index contributed by atoms with van der Waals surface area (Å²) >= 11 is 0. The van der Waals surface area contributed by atoms with Crippen LogP contribution in [0.25, 0.3) is 21.9 Å². The molecule has 0 aliphatic rings. The molecule has 104 valence electrons. The number of fused-ring (bicyclic) bond motifs is 3. The lowest BCUT2D eigenvalue weighted by atomic mass is 10.0. The third-order valence-electron chi connectivity index (χ3n) is 3.85. The molecule has 0 saturated heterocycles. The predicted molar refractivity (Wildman–Crippen MR) is 85.0 cm³/mol. The fraction of sp³-hybridized carbons (Fsp3) is 0.333. The average Bonchev–Trinajstić information content (AvgIpc) is 2.86. The van der Waals surface area contributed by atoms with Crippen molar-refractivity contribution in [3.05, 3.63) is 48.0 Å². The summed E-state index contributed by atoms with van der Waals surface area (Å²) in [5.74, 6) is 0. The number of nitrogens with one attached hydrogen (secondary N) is 1. The van der Waals surface area contributed by atoms with Gasteiger partial charge < -0.3 is 9.73 Å². The Morgan fingerprint density at radius 3 is 2.60 bits per heavy atom. The van der Waals surface area contributed by atoms with Crippen LogP contribution in [-0.2, 0) is 0 Å². The number of benzene rings is 2. The third-order valence-corrected chi connectivity index (χ3v) is 3.85. The van der Waals surface area contributed by atoms with Gasteiger partial charge in [0.15, 0.2) is 0 Å². The molecular weight excluding hydrogens is 246 g/mol. The predicted octanol–water partition coefficient (Wildman–Crippen LogP) is 5.04. The Hall–Kier alpha value is -1.80. The molecule has 0 spiro atoms. The minimum Gasteiger partial charge on any atom is -0.456 e. The lowest BCUT2D eigenvalue weighted by Crippen LogP contribution is -2.21. The highest BCUT2D eigenvalue weighted by atomic mass is 16.3. The molecule has 0 amide bonds. The van der Waals surface area contributed by atoms with Crippen molar-refractivity contribution in [1.82, 2.24) is 5.32 Å². The molecule has 1 atom stereocenters. The largest absolute Gasteiger partial charge is 0.456 e. The zero-order valence-electron chi connectivity index (χ0n) is 12.1. The first-order chi connectivity index (χ1) is 9.83. The molecule has 2 heteroatoms. The van der Waals surface area contributed by atoms with E-state index in [2.05, 4.69) is 49.5 Å². The fourth-order valence-electron chi connectivity index (χ4n) is 2.78. The first-order valence-corrected chi connectivity index (χ1v) is 7.48. The van der Waals surface area contributed by atoms with Gasteiger partial charge in [-0.2, -0.15) is 0 Å². The van der Waals surface area contributed by atoms with Gasteiger partial charge in [0.25, 0.3) is 0 Å².